The summed E-state index contributed by atoms with van der Waals surface area (Å²) >= 11 is 0. The van der Waals surface area contributed by atoms with Crippen LogP contribution < -0.4 is 5.32 Å². The number of nitrogens with zero attached hydrogens (tertiary/aromatic N) is 1. The van der Waals surface area contributed by atoms with Crippen LogP contribution in [-0.4, -0.2) is 50.1 Å². The van der Waals surface area contributed by atoms with Crippen LogP contribution in [0.4, 0.5) is 0 Å². The molecule has 1 saturated heterocycles. The largest absolute Gasteiger partial charge is 0.469 e. The van der Waals surface area contributed by atoms with E-state index < -0.39 is 0 Å². The number of rotatable bonds is 6. The van der Waals surface area contributed by atoms with Gasteiger partial charge in [0.2, 0.25) is 5.91 Å². The highest BCUT2D eigenvalue weighted by Crippen LogP contribution is 2.19. The number of nitrogens with one attached hydrogen (secondary N) is 1. The lowest BCUT2D eigenvalue weighted by molar-refractivity contribution is -0.142. The number of ether oxygens (including phenoxy) is 1. The van der Waals surface area contributed by atoms with Gasteiger partial charge in [-0.15, -0.1) is 0 Å². The Balaban J connectivity index is 2.61. The standard InChI is InChI=1S/C14H26N2O3/c1-10(2)9-16(6-5-13(17)19-4)14(18)12-8-15-7-11(12)3/h10-12,15H,5-9H2,1-4H3. The number of amides is 1. The Morgan fingerprint density at radius 1 is 1.37 bits per heavy atom. The van der Waals surface area contributed by atoms with Crippen LogP contribution in [0.3, 0.4) is 0 Å². The molecule has 5 heteroatoms. The van der Waals surface area contributed by atoms with E-state index in [1.807, 2.05) is 4.90 Å². The van der Waals surface area contributed by atoms with E-state index in [1.165, 1.54) is 7.11 Å². The maximum absolute atomic E-state index is 12.5. The zero-order valence-corrected chi connectivity index (χ0v) is 12.4. The van der Waals surface area contributed by atoms with Crippen LogP contribution >= 0.6 is 0 Å². The molecule has 0 radical (unpaired) electrons. The molecule has 0 spiro atoms. The molecule has 1 heterocycles. The summed E-state index contributed by atoms with van der Waals surface area (Å²) in [5.41, 5.74) is 0. The molecular formula is C14H26N2O3. The molecule has 0 aromatic heterocycles. The normalized spacial score (nSPS) is 22.6. The lowest BCUT2D eigenvalue weighted by Gasteiger charge is -2.28. The van der Waals surface area contributed by atoms with Crippen molar-refractivity contribution < 1.29 is 14.3 Å². The molecule has 2 atom stereocenters. The molecule has 1 N–H and O–H groups in total. The first-order valence-electron chi connectivity index (χ1n) is 7.02. The second kappa shape index (κ2) is 7.48. The van der Waals surface area contributed by atoms with Gasteiger partial charge in [-0.3, -0.25) is 9.59 Å². The summed E-state index contributed by atoms with van der Waals surface area (Å²) in [6.45, 7) is 9.03. The number of carbonyl (C=O) groups is 2. The quantitative estimate of drug-likeness (QED) is 0.728. The molecule has 1 aliphatic heterocycles. The average molecular weight is 270 g/mol. The average Bonchev–Trinajstić information content (AvgIpc) is 2.78. The molecule has 0 aromatic carbocycles. The van der Waals surface area contributed by atoms with Gasteiger partial charge >= 0.3 is 5.97 Å². The van der Waals surface area contributed by atoms with Crippen LogP contribution in [0.15, 0.2) is 0 Å². The molecule has 0 bridgehead atoms. The van der Waals surface area contributed by atoms with Crippen molar-refractivity contribution in [2.75, 3.05) is 33.3 Å². The molecule has 110 valence electrons. The Labute approximate surface area is 115 Å². The van der Waals surface area contributed by atoms with E-state index in [4.69, 9.17) is 0 Å². The first-order valence-corrected chi connectivity index (χ1v) is 7.02. The van der Waals surface area contributed by atoms with Gasteiger partial charge in [-0.05, 0) is 18.4 Å². The van der Waals surface area contributed by atoms with Gasteiger partial charge in [-0.2, -0.15) is 0 Å². The van der Waals surface area contributed by atoms with Crippen LogP contribution in [0.1, 0.15) is 27.2 Å². The van der Waals surface area contributed by atoms with Crippen molar-refractivity contribution in [3.05, 3.63) is 0 Å². The van der Waals surface area contributed by atoms with Crippen molar-refractivity contribution in [1.82, 2.24) is 10.2 Å². The minimum Gasteiger partial charge on any atom is -0.469 e. The summed E-state index contributed by atoms with van der Waals surface area (Å²) in [7, 11) is 1.37. The van der Waals surface area contributed by atoms with Crippen molar-refractivity contribution in [3.63, 3.8) is 0 Å². The Kier molecular flexibility index (Phi) is 6.28. The van der Waals surface area contributed by atoms with Crippen LogP contribution in [0.25, 0.3) is 0 Å². The van der Waals surface area contributed by atoms with Gasteiger partial charge in [-0.25, -0.2) is 0 Å². The number of hydrogen-bond acceptors (Lipinski definition) is 4. The highest BCUT2D eigenvalue weighted by Gasteiger charge is 2.33. The molecule has 19 heavy (non-hydrogen) atoms. The van der Waals surface area contributed by atoms with Gasteiger partial charge in [0.25, 0.3) is 0 Å². The fraction of sp³-hybridized carbons (Fsp3) is 0.857. The number of carbonyl (C=O) groups excluding carboxylic acids is 2. The fourth-order valence-corrected chi connectivity index (χ4v) is 2.44. The van der Waals surface area contributed by atoms with Crippen molar-refractivity contribution in [1.29, 1.82) is 0 Å². The van der Waals surface area contributed by atoms with E-state index in [-0.39, 0.29) is 24.2 Å². The smallest absolute Gasteiger partial charge is 0.307 e. The van der Waals surface area contributed by atoms with Gasteiger partial charge in [0.05, 0.1) is 19.4 Å². The molecule has 0 aliphatic carbocycles. The molecule has 1 aliphatic rings. The SMILES string of the molecule is COC(=O)CCN(CC(C)C)C(=O)C1CNCC1C. The second-order valence-corrected chi connectivity index (χ2v) is 5.75. The number of methoxy groups -OCH3 is 1. The lowest BCUT2D eigenvalue weighted by atomic mass is 9.96. The minimum atomic E-state index is -0.265. The molecule has 2 unspecified atom stereocenters. The van der Waals surface area contributed by atoms with Gasteiger partial charge in [0.15, 0.2) is 0 Å². The first kappa shape index (κ1) is 16.0. The van der Waals surface area contributed by atoms with E-state index in [9.17, 15) is 9.59 Å². The van der Waals surface area contributed by atoms with Crippen molar-refractivity contribution >= 4 is 11.9 Å². The van der Waals surface area contributed by atoms with Crippen LogP contribution in [-0.2, 0) is 14.3 Å². The van der Waals surface area contributed by atoms with E-state index in [1.54, 1.807) is 0 Å². The van der Waals surface area contributed by atoms with Gasteiger partial charge in [-0.1, -0.05) is 20.8 Å². The maximum Gasteiger partial charge on any atom is 0.307 e. The summed E-state index contributed by atoms with van der Waals surface area (Å²) in [4.78, 5) is 25.6. The van der Waals surface area contributed by atoms with E-state index in [0.29, 0.717) is 24.9 Å². The molecule has 1 amide bonds. The highest BCUT2D eigenvalue weighted by molar-refractivity contribution is 5.80. The summed E-state index contributed by atoms with van der Waals surface area (Å²) in [6.07, 6.45) is 0.267. The molecule has 1 rings (SSSR count). The van der Waals surface area contributed by atoms with Crippen molar-refractivity contribution in [2.45, 2.75) is 27.2 Å². The topological polar surface area (TPSA) is 58.6 Å². The Morgan fingerprint density at radius 2 is 2.05 bits per heavy atom. The maximum atomic E-state index is 12.5. The van der Waals surface area contributed by atoms with E-state index in [0.717, 1.165) is 13.1 Å². The van der Waals surface area contributed by atoms with E-state index >= 15 is 0 Å². The summed E-state index contributed by atoms with van der Waals surface area (Å²) in [5, 5.41) is 3.25. The zero-order valence-electron chi connectivity index (χ0n) is 12.4. The molecule has 0 saturated carbocycles. The van der Waals surface area contributed by atoms with Gasteiger partial charge < -0.3 is 15.0 Å². The Bertz CT molecular complexity index is 318. The van der Waals surface area contributed by atoms with Crippen LogP contribution in [0, 0.1) is 17.8 Å². The predicted octanol–water partition coefficient (Wildman–Crippen LogP) is 0.890. The summed E-state index contributed by atoms with van der Waals surface area (Å²) < 4.78 is 4.64. The zero-order chi connectivity index (χ0) is 14.4. The fourth-order valence-electron chi connectivity index (χ4n) is 2.44. The third-order valence-corrected chi connectivity index (χ3v) is 3.55. The first-order chi connectivity index (χ1) is 8.95. The van der Waals surface area contributed by atoms with Gasteiger partial charge in [0, 0.05) is 19.6 Å². The molecule has 1 fully saturated rings. The predicted molar refractivity (Wildman–Crippen MR) is 73.6 cm³/mol. The van der Waals surface area contributed by atoms with Crippen LogP contribution in [0.2, 0.25) is 0 Å². The van der Waals surface area contributed by atoms with Crippen LogP contribution in [0.5, 0.6) is 0 Å². The van der Waals surface area contributed by atoms with Crippen molar-refractivity contribution in [3.8, 4) is 0 Å². The lowest BCUT2D eigenvalue weighted by Crippen LogP contribution is -2.42. The monoisotopic (exact) mass is 270 g/mol. The highest BCUT2D eigenvalue weighted by atomic mass is 16.5. The third-order valence-electron chi connectivity index (χ3n) is 3.55. The summed E-state index contributed by atoms with van der Waals surface area (Å²) in [6, 6.07) is 0. The molecule has 0 aromatic rings. The Morgan fingerprint density at radius 3 is 2.53 bits per heavy atom. The second-order valence-electron chi connectivity index (χ2n) is 5.75. The molecule has 5 nitrogen and oxygen atoms in total. The Hall–Kier alpha value is -1.10. The molecular weight excluding hydrogens is 244 g/mol. The summed E-state index contributed by atoms with van der Waals surface area (Å²) in [5.74, 6) is 0.692. The van der Waals surface area contributed by atoms with Crippen molar-refractivity contribution in [2.24, 2.45) is 17.8 Å². The third kappa shape index (κ3) is 4.82. The van der Waals surface area contributed by atoms with E-state index in [2.05, 4.69) is 30.8 Å². The van der Waals surface area contributed by atoms with Gasteiger partial charge in [0.1, 0.15) is 0 Å². The minimum absolute atomic E-state index is 0.0383. The number of esters is 1. The number of hydrogen-bond donors (Lipinski definition) is 1.